The molecule has 0 radical (unpaired) electrons. The fraction of sp³-hybridized carbons (Fsp3) is 0.556. The monoisotopic (exact) mass is 199 g/mol. The van der Waals surface area contributed by atoms with Gasteiger partial charge in [0.1, 0.15) is 17.3 Å². The molecule has 0 bridgehead atoms. The van der Waals surface area contributed by atoms with Gasteiger partial charge in [-0.3, -0.25) is 0 Å². The first kappa shape index (κ1) is 10.3. The highest BCUT2D eigenvalue weighted by atomic mass is 35.5. The number of hydrogen-bond donors (Lipinski definition) is 1. The van der Waals surface area contributed by atoms with Crippen molar-refractivity contribution in [3.05, 3.63) is 17.0 Å². The van der Waals surface area contributed by atoms with Crippen LogP contribution in [0.1, 0.15) is 25.3 Å². The zero-order valence-corrected chi connectivity index (χ0v) is 8.73. The van der Waals surface area contributed by atoms with Gasteiger partial charge >= 0.3 is 0 Å². The summed E-state index contributed by atoms with van der Waals surface area (Å²) in [5.41, 5.74) is 0.917. The van der Waals surface area contributed by atoms with Crippen molar-refractivity contribution in [2.75, 3.05) is 11.9 Å². The Kier molecular flexibility index (Phi) is 3.96. The minimum absolute atomic E-state index is 0.522. The smallest absolute Gasteiger partial charge is 0.137 e. The molecule has 0 aromatic carbocycles. The van der Waals surface area contributed by atoms with Gasteiger partial charge in [0, 0.05) is 12.1 Å². The van der Waals surface area contributed by atoms with Crippen LogP contribution in [0.2, 0.25) is 5.15 Å². The zero-order chi connectivity index (χ0) is 9.68. The molecule has 0 aliphatic heterocycles. The number of halogens is 1. The van der Waals surface area contributed by atoms with E-state index in [1.807, 2.05) is 6.92 Å². The number of aromatic nitrogens is 2. The largest absolute Gasteiger partial charge is 0.370 e. The molecular formula is C9H14ClN3. The maximum absolute atomic E-state index is 5.84. The van der Waals surface area contributed by atoms with Crippen LogP contribution in [-0.4, -0.2) is 16.5 Å². The summed E-state index contributed by atoms with van der Waals surface area (Å²) in [5.74, 6) is 0.841. The van der Waals surface area contributed by atoms with Gasteiger partial charge in [0.2, 0.25) is 0 Å². The molecule has 4 heteroatoms. The van der Waals surface area contributed by atoms with Crippen LogP contribution in [0.3, 0.4) is 0 Å². The molecule has 1 aromatic rings. The molecule has 0 unspecified atom stereocenters. The van der Waals surface area contributed by atoms with Gasteiger partial charge in [0.15, 0.2) is 0 Å². The van der Waals surface area contributed by atoms with E-state index in [-0.39, 0.29) is 0 Å². The summed E-state index contributed by atoms with van der Waals surface area (Å²) < 4.78 is 0. The predicted octanol–water partition coefficient (Wildman–Crippen LogP) is 2.65. The number of unbranched alkanes of at least 4 members (excludes halogenated alkanes) is 1. The van der Waals surface area contributed by atoms with Crippen LogP contribution in [0.5, 0.6) is 0 Å². The van der Waals surface area contributed by atoms with Crippen molar-refractivity contribution in [1.82, 2.24) is 9.97 Å². The van der Waals surface area contributed by atoms with E-state index in [4.69, 9.17) is 11.6 Å². The second-order valence-corrected chi connectivity index (χ2v) is 3.28. The van der Waals surface area contributed by atoms with Gasteiger partial charge in [0.05, 0.1) is 0 Å². The summed E-state index contributed by atoms with van der Waals surface area (Å²) in [6, 6.07) is 0. The third-order valence-corrected chi connectivity index (χ3v) is 2.23. The third-order valence-electron chi connectivity index (χ3n) is 1.85. The second-order valence-electron chi connectivity index (χ2n) is 2.92. The van der Waals surface area contributed by atoms with Crippen molar-refractivity contribution in [2.24, 2.45) is 0 Å². The molecule has 1 aromatic heterocycles. The quantitative estimate of drug-likeness (QED) is 0.599. The normalized spacial score (nSPS) is 10.1. The fourth-order valence-electron chi connectivity index (χ4n) is 0.990. The van der Waals surface area contributed by atoms with Gasteiger partial charge in [-0.15, -0.1) is 0 Å². The molecule has 1 heterocycles. The van der Waals surface area contributed by atoms with Gasteiger partial charge in [0.25, 0.3) is 0 Å². The standard InChI is InChI=1S/C9H14ClN3/c1-3-4-5-11-9-7(2)8(10)12-6-13-9/h6H,3-5H2,1-2H3,(H,11,12,13). The molecule has 0 spiro atoms. The van der Waals surface area contributed by atoms with E-state index in [1.165, 1.54) is 12.7 Å². The first-order valence-corrected chi connectivity index (χ1v) is 4.84. The van der Waals surface area contributed by atoms with Crippen LogP contribution in [0.4, 0.5) is 5.82 Å². The van der Waals surface area contributed by atoms with E-state index in [9.17, 15) is 0 Å². The molecule has 0 aliphatic rings. The average molecular weight is 200 g/mol. The molecule has 72 valence electrons. The summed E-state index contributed by atoms with van der Waals surface area (Å²) in [5, 5.41) is 3.74. The molecule has 13 heavy (non-hydrogen) atoms. The summed E-state index contributed by atoms with van der Waals surface area (Å²) in [4.78, 5) is 7.99. The Morgan fingerprint density at radius 3 is 2.92 bits per heavy atom. The van der Waals surface area contributed by atoms with Gasteiger partial charge in [-0.1, -0.05) is 24.9 Å². The summed E-state index contributed by atoms with van der Waals surface area (Å²) in [6.07, 6.45) is 3.79. The Hall–Kier alpha value is -0.830. The van der Waals surface area contributed by atoms with Crippen LogP contribution in [0.25, 0.3) is 0 Å². The maximum Gasteiger partial charge on any atom is 0.137 e. The van der Waals surface area contributed by atoms with E-state index in [0.29, 0.717) is 5.15 Å². The Morgan fingerprint density at radius 2 is 2.23 bits per heavy atom. The van der Waals surface area contributed by atoms with Crippen molar-refractivity contribution < 1.29 is 0 Å². The summed E-state index contributed by atoms with van der Waals surface area (Å²) in [7, 11) is 0. The third kappa shape index (κ3) is 2.84. The van der Waals surface area contributed by atoms with Gasteiger partial charge in [-0.25, -0.2) is 9.97 Å². The molecule has 0 atom stereocenters. The molecule has 0 aliphatic carbocycles. The predicted molar refractivity (Wildman–Crippen MR) is 55.2 cm³/mol. The molecule has 1 N–H and O–H groups in total. The van der Waals surface area contributed by atoms with Crippen LogP contribution in [0.15, 0.2) is 6.33 Å². The second kappa shape index (κ2) is 5.02. The Balaban J connectivity index is 2.61. The van der Waals surface area contributed by atoms with Gasteiger partial charge in [-0.2, -0.15) is 0 Å². The molecular weight excluding hydrogens is 186 g/mol. The van der Waals surface area contributed by atoms with E-state index in [0.717, 1.165) is 24.3 Å². The van der Waals surface area contributed by atoms with E-state index in [1.54, 1.807) is 0 Å². The number of nitrogens with zero attached hydrogens (tertiary/aromatic N) is 2. The van der Waals surface area contributed by atoms with E-state index in [2.05, 4.69) is 22.2 Å². The summed E-state index contributed by atoms with van der Waals surface area (Å²) >= 11 is 5.84. The van der Waals surface area contributed by atoms with E-state index < -0.39 is 0 Å². The minimum Gasteiger partial charge on any atom is -0.370 e. The van der Waals surface area contributed by atoms with Crippen LogP contribution in [0, 0.1) is 6.92 Å². The van der Waals surface area contributed by atoms with Crippen molar-refractivity contribution in [1.29, 1.82) is 0 Å². The Morgan fingerprint density at radius 1 is 1.46 bits per heavy atom. The first-order valence-electron chi connectivity index (χ1n) is 4.46. The molecule has 1 rings (SSSR count). The molecule has 0 fully saturated rings. The van der Waals surface area contributed by atoms with Crippen LogP contribution in [-0.2, 0) is 0 Å². The van der Waals surface area contributed by atoms with Crippen LogP contribution >= 0.6 is 11.6 Å². The van der Waals surface area contributed by atoms with Crippen molar-refractivity contribution in [3.63, 3.8) is 0 Å². The Bertz CT molecular complexity index is 276. The molecule has 0 saturated carbocycles. The first-order chi connectivity index (χ1) is 6.25. The highest BCUT2D eigenvalue weighted by molar-refractivity contribution is 6.30. The number of nitrogens with one attached hydrogen (secondary N) is 1. The minimum atomic E-state index is 0.522. The number of rotatable bonds is 4. The number of hydrogen-bond acceptors (Lipinski definition) is 3. The van der Waals surface area contributed by atoms with Crippen molar-refractivity contribution >= 4 is 17.4 Å². The lowest BCUT2D eigenvalue weighted by Crippen LogP contribution is -2.05. The van der Waals surface area contributed by atoms with E-state index >= 15 is 0 Å². The Labute approximate surface area is 83.5 Å². The summed E-state index contributed by atoms with van der Waals surface area (Å²) in [6.45, 7) is 5.00. The average Bonchev–Trinajstić information content (AvgIpc) is 2.13. The van der Waals surface area contributed by atoms with Gasteiger partial charge in [-0.05, 0) is 13.3 Å². The SMILES string of the molecule is CCCCNc1ncnc(Cl)c1C. The van der Waals surface area contributed by atoms with Crippen molar-refractivity contribution in [2.45, 2.75) is 26.7 Å². The topological polar surface area (TPSA) is 37.8 Å². The lowest BCUT2D eigenvalue weighted by atomic mass is 10.3. The highest BCUT2D eigenvalue weighted by Crippen LogP contribution is 2.17. The number of anilines is 1. The van der Waals surface area contributed by atoms with Gasteiger partial charge < -0.3 is 5.32 Å². The molecule has 0 saturated heterocycles. The molecule has 0 amide bonds. The van der Waals surface area contributed by atoms with Crippen LogP contribution < -0.4 is 5.32 Å². The highest BCUT2D eigenvalue weighted by Gasteiger charge is 2.02. The lowest BCUT2D eigenvalue weighted by molar-refractivity contribution is 0.829. The lowest BCUT2D eigenvalue weighted by Gasteiger charge is -2.07. The molecule has 3 nitrogen and oxygen atoms in total. The fourth-order valence-corrected chi connectivity index (χ4v) is 1.12. The maximum atomic E-state index is 5.84. The zero-order valence-electron chi connectivity index (χ0n) is 7.97. The van der Waals surface area contributed by atoms with Crippen molar-refractivity contribution in [3.8, 4) is 0 Å².